The quantitative estimate of drug-likeness (QED) is 0.790. The van der Waals surface area contributed by atoms with Gasteiger partial charge in [0.15, 0.2) is 0 Å². The molecule has 2 aromatic carbocycles. The fourth-order valence-electron chi connectivity index (χ4n) is 3.31. The van der Waals surface area contributed by atoms with Crippen molar-refractivity contribution >= 4 is 34.9 Å². The Morgan fingerprint density at radius 3 is 2.75 bits per heavy atom. The minimum atomic E-state index is -0.291. The molecule has 1 heterocycles. The summed E-state index contributed by atoms with van der Waals surface area (Å²) in [6, 6.07) is 12.5. The summed E-state index contributed by atoms with van der Waals surface area (Å²) >= 11 is 6.03. The highest BCUT2D eigenvalue weighted by Crippen LogP contribution is 2.29. The minimum absolute atomic E-state index is 0.145. The minimum Gasteiger partial charge on any atom is -0.495 e. The maximum absolute atomic E-state index is 12.7. The van der Waals surface area contributed by atoms with E-state index < -0.39 is 0 Å². The third-order valence-corrected chi connectivity index (χ3v) is 5.00. The Morgan fingerprint density at radius 2 is 2.00 bits per heavy atom. The number of halogens is 1. The number of rotatable bonds is 4. The van der Waals surface area contributed by atoms with E-state index in [0.29, 0.717) is 29.5 Å². The van der Waals surface area contributed by atoms with Crippen molar-refractivity contribution in [2.24, 2.45) is 5.92 Å². The van der Waals surface area contributed by atoms with Gasteiger partial charge in [0.25, 0.3) is 0 Å². The first-order chi connectivity index (χ1) is 13.5. The van der Waals surface area contributed by atoms with Gasteiger partial charge in [0, 0.05) is 23.8 Å². The molecule has 1 fully saturated rings. The number of benzene rings is 2. The van der Waals surface area contributed by atoms with Gasteiger partial charge in [0.1, 0.15) is 5.75 Å². The summed E-state index contributed by atoms with van der Waals surface area (Å²) in [7, 11) is 1.54. The van der Waals surface area contributed by atoms with E-state index in [1.807, 2.05) is 31.2 Å². The Hall–Kier alpha value is -2.73. The number of ether oxygens (including phenoxy) is 1. The molecule has 0 bridgehead atoms. The number of piperidine rings is 1. The Balaban J connectivity index is 1.63. The molecule has 2 aromatic rings. The number of aryl methyl sites for hydroxylation is 1. The van der Waals surface area contributed by atoms with Gasteiger partial charge in [-0.15, -0.1) is 0 Å². The molecule has 28 heavy (non-hydrogen) atoms. The molecule has 1 unspecified atom stereocenters. The van der Waals surface area contributed by atoms with Crippen LogP contribution in [0.5, 0.6) is 5.75 Å². The third-order valence-electron chi connectivity index (χ3n) is 4.77. The number of amides is 3. The summed E-state index contributed by atoms with van der Waals surface area (Å²) in [6.07, 6.45) is 1.49. The Bertz CT molecular complexity index is 872. The van der Waals surface area contributed by atoms with Crippen molar-refractivity contribution in [2.75, 3.05) is 30.8 Å². The number of urea groups is 1. The summed E-state index contributed by atoms with van der Waals surface area (Å²) in [5.74, 6) is 0.108. The lowest BCUT2D eigenvalue weighted by Gasteiger charge is -2.32. The molecule has 0 aromatic heterocycles. The van der Waals surface area contributed by atoms with E-state index in [9.17, 15) is 9.59 Å². The lowest BCUT2D eigenvalue weighted by Crippen LogP contribution is -2.45. The molecule has 6 nitrogen and oxygen atoms in total. The van der Waals surface area contributed by atoms with Gasteiger partial charge in [0.2, 0.25) is 5.91 Å². The molecule has 0 saturated carbocycles. The maximum Gasteiger partial charge on any atom is 0.321 e. The van der Waals surface area contributed by atoms with Crippen molar-refractivity contribution in [1.82, 2.24) is 4.90 Å². The van der Waals surface area contributed by atoms with Gasteiger partial charge < -0.3 is 20.3 Å². The average molecular weight is 402 g/mol. The van der Waals surface area contributed by atoms with Crippen LogP contribution in [-0.4, -0.2) is 37.0 Å². The van der Waals surface area contributed by atoms with Gasteiger partial charge in [-0.25, -0.2) is 4.79 Å². The molecule has 3 rings (SSSR count). The number of nitrogens with one attached hydrogen (secondary N) is 2. The number of hydrogen-bond acceptors (Lipinski definition) is 3. The van der Waals surface area contributed by atoms with Crippen LogP contribution in [0, 0.1) is 12.8 Å². The zero-order valence-corrected chi connectivity index (χ0v) is 16.8. The van der Waals surface area contributed by atoms with E-state index in [-0.39, 0.29) is 17.9 Å². The zero-order chi connectivity index (χ0) is 20.1. The largest absolute Gasteiger partial charge is 0.495 e. The normalized spacial score (nSPS) is 16.4. The zero-order valence-electron chi connectivity index (χ0n) is 16.0. The number of methoxy groups -OCH3 is 1. The van der Waals surface area contributed by atoms with Crippen molar-refractivity contribution in [3.63, 3.8) is 0 Å². The lowest BCUT2D eigenvalue weighted by atomic mass is 9.97. The summed E-state index contributed by atoms with van der Waals surface area (Å²) < 4.78 is 5.28. The van der Waals surface area contributed by atoms with E-state index >= 15 is 0 Å². The second kappa shape index (κ2) is 8.97. The van der Waals surface area contributed by atoms with Crippen LogP contribution in [0.4, 0.5) is 16.2 Å². The highest BCUT2D eigenvalue weighted by atomic mass is 35.5. The van der Waals surface area contributed by atoms with Gasteiger partial charge in [-0.3, -0.25) is 4.79 Å². The molecule has 0 spiro atoms. The number of anilines is 2. The third kappa shape index (κ3) is 4.95. The maximum atomic E-state index is 12.7. The van der Waals surface area contributed by atoms with Crippen molar-refractivity contribution in [1.29, 1.82) is 0 Å². The van der Waals surface area contributed by atoms with Crippen molar-refractivity contribution in [3.05, 3.63) is 53.1 Å². The van der Waals surface area contributed by atoms with Gasteiger partial charge in [-0.1, -0.05) is 23.7 Å². The van der Waals surface area contributed by atoms with Crippen LogP contribution in [-0.2, 0) is 4.79 Å². The molecule has 3 amide bonds. The van der Waals surface area contributed by atoms with Gasteiger partial charge in [-0.2, -0.15) is 0 Å². The Kier molecular flexibility index (Phi) is 6.41. The molecule has 1 aliphatic rings. The molecule has 2 N–H and O–H groups in total. The first-order valence-corrected chi connectivity index (χ1v) is 9.61. The molecule has 1 atom stereocenters. The summed E-state index contributed by atoms with van der Waals surface area (Å²) in [4.78, 5) is 27.0. The molecule has 7 heteroatoms. The molecular weight excluding hydrogens is 378 g/mol. The number of carbonyl (C=O) groups is 2. The molecule has 0 radical (unpaired) electrons. The van der Waals surface area contributed by atoms with Gasteiger partial charge in [-0.05, 0) is 55.7 Å². The molecule has 1 saturated heterocycles. The molecule has 148 valence electrons. The molecule has 0 aliphatic carbocycles. The average Bonchev–Trinajstić information content (AvgIpc) is 2.68. The second-order valence-corrected chi connectivity index (χ2v) is 7.36. The topological polar surface area (TPSA) is 70.7 Å². The summed E-state index contributed by atoms with van der Waals surface area (Å²) in [5, 5.41) is 6.30. The lowest BCUT2D eigenvalue weighted by molar-refractivity contribution is -0.121. The van der Waals surface area contributed by atoms with Crippen LogP contribution in [0.3, 0.4) is 0 Å². The van der Waals surface area contributed by atoms with Gasteiger partial charge >= 0.3 is 6.03 Å². The first kappa shape index (κ1) is 20.0. The highest BCUT2D eigenvalue weighted by molar-refractivity contribution is 6.31. The SMILES string of the molecule is COc1ccc(Cl)cc1NC(=O)C1CCCN(C(=O)Nc2cccc(C)c2)C1. The Morgan fingerprint density at radius 1 is 1.18 bits per heavy atom. The summed E-state index contributed by atoms with van der Waals surface area (Å²) in [6.45, 7) is 2.97. The van der Waals surface area contributed by atoms with Crippen molar-refractivity contribution in [2.45, 2.75) is 19.8 Å². The van der Waals surface area contributed by atoms with Crippen molar-refractivity contribution in [3.8, 4) is 5.75 Å². The van der Waals surface area contributed by atoms with E-state index in [1.54, 1.807) is 23.1 Å². The molecular formula is C21H24ClN3O3. The van der Waals surface area contributed by atoms with E-state index in [2.05, 4.69) is 10.6 Å². The Labute approximate surface area is 169 Å². The van der Waals surface area contributed by atoms with Crippen LogP contribution >= 0.6 is 11.6 Å². The number of carbonyl (C=O) groups excluding carboxylic acids is 2. The smallest absolute Gasteiger partial charge is 0.321 e. The fraction of sp³-hybridized carbons (Fsp3) is 0.333. The van der Waals surface area contributed by atoms with E-state index in [4.69, 9.17) is 16.3 Å². The monoisotopic (exact) mass is 401 g/mol. The van der Waals surface area contributed by atoms with Crippen LogP contribution < -0.4 is 15.4 Å². The number of hydrogen-bond donors (Lipinski definition) is 2. The number of nitrogens with zero attached hydrogens (tertiary/aromatic N) is 1. The van der Waals surface area contributed by atoms with Crippen LogP contribution in [0.2, 0.25) is 5.02 Å². The van der Waals surface area contributed by atoms with Crippen LogP contribution in [0.15, 0.2) is 42.5 Å². The van der Waals surface area contributed by atoms with E-state index in [0.717, 1.165) is 24.1 Å². The predicted molar refractivity (Wildman–Crippen MR) is 111 cm³/mol. The standard InChI is InChI=1S/C21H24ClN3O3/c1-14-5-3-7-17(11-14)23-21(27)25-10-4-6-15(13-25)20(26)24-18-12-16(22)8-9-19(18)28-2/h3,5,7-9,11-12,15H,4,6,10,13H2,1-2H3,(H,23,27)(H,24,26). The fourth-order valence-corrected chi connectivity index (χ4v) is 3.49. The first-order valence-electron chi connectivity index (χ1n) is 9.23. The highest BCUT2D eigenvalue weighted by Gasteiger charge is 2.29. The van der Waals surface area contributed by atoms with Crippen LogP contribution in [0.25, 0.3) is 0 Å². The van der Waals surface area contributed by atoms with Gasteiger partial charge in [0.05, 0.1) is 18.7 Å². The predicted octanol–water partition coefficient (Wildman–Crippen LogP) is 4.54. The second-order valence-electron chi connectivity index (χ2n) is 6.92. The molecule has 1 aliphatic heterocycles. The van der Waals surface area contributed by atoms with E-state index in [1.165, 1.54) is 7.11 Å². The summed E-state index contributed by atoms with van der Waals surface area (Å²) in [5.41, 5.74) is 2.35. The van der Waals surface area contributed by atoms with Crippen molar-refractivity contribution < 1.29 is 14.3 Å². The number of likely N-dealkylation sites (tertiary alicyclic amines) is 1. The van der Waals surface area contributed by atoms with Crippen LogP contribution in [0.1, 0.15) is 18.4 Å².